The number of aromatic nitrogens is 1. The van der Waals surface area contributed by atoms with Crippen LogP contribution >= 0.6 is 0 Å². The summed E-state index contributed by atoms with van der Waals surface area (Å²) in [5, 5.41) is 3.63. The lowest BCUT2D eigenvalue weighted by atomic mass is 9.88. The number of oxazole rings is 1. The SMILES string of the molecule is Cc1cnc(C(C)NC2CCc3ccccc3C2)o1. The van der Waals surface area contributed by atoms with Crippen molar-refractivity contribution in [3.63, 3.8) is 0 Å². The Bertz CT molecular complexity index is 561. The molecule has 19 heavy (non-hydrogen) atoms. The number of hydrogen-bond acceptors (Lipinski definition) is 3. The van der Waals surface area contributed by atoms with E-state index in [1.165, 1.54) is 17.5 Å². The van der Waals surface area contributed by atoms with Gasteiger partial charge in [0.05, 0.1) is 12.2 Å². The second kappa shape index (κ2) is 5.17. The smallest absolute Gasteiger partial charge is 0.211 e. The van der Waals surface area contributed by atoms with E-state index in [0.29, 0.717) is 6.04 Å². The maximum absolute atomic E-state index is 5.58. The maximum Gasteiger partial charge on any atom is 0.211 e. The van der Waals surface area contributed by atoms with Gasteiger partial charge in [-0.15, -0.1) is 0 Å². The minimum Gasteiger partial charge on any atom is -0.444 e. The Balaban J connectivity index is 1.66. The average molecular weight is 256 g/mol. The summed E-state index contributed by atoms with van der Waals surface area (Å²) < 4.78 is 5.58. The van der Waals surface area contributed by atoms with Gasteiger partial charge in [0.1, 0.15) is 5.76 Å². The molecule has 0 aliphatic heterocycles. The number of hydrogen-bond donors (Lipinski definition) is 1. The quantitative estimate of drug-likeness (QED) is 0.916. The fourth-order valence-electron chi connectivity index (χ4n) is 2.84. The average Bonchev–Trinajstić information content (AvgIpc) is 2.85. The van der Waals surface area contributed by atoms with Crippen LogP contribution in [0.15, 0.2) is 34.9 Å². The summed E-state index contributed by atoms with van der Waals surface area (Å²) in [4.78, 5) is 4.30. The van der Waals surface area contributed by atoms with Crippen molar-refractivity contribution >= 4 is 0 Å². The highest BCUT2D eigenvalue weighted by Gasteiger charge is 2.21. The van der Waals surface area contributed by atoms with Crippen molar-refractivity contribution in [3.8, 4) is 0 Å². The predicted octanol–water partition coefficient (Wildman–Crippen LogP) is 3.19. The van der Waals surface area contributed by atoms with E-state index >= 15 is 0 Å². The molecule has 2 unspecified atom stereocenters. The molecule has 1 aromatic heterocycles. The fraction of sp³-hybridized carbons (Fsp3) is 0.438. The van der Waals surface area contributed by atoms with Gasteiger partial charge in [0, 0.05) is 6.04 Å². The number of nitrogens with one attached hydrogen (secondary N) is 1. The van der Waals surface area contributed by atoms with Crippen molar-refractivity contribution in [1.29, 1.82) is 0 Å². The highest BCUT2D eigenvalue weighted by atomic mass is 16.4. The monoisotopic (exact) mass is 256 g/mol. The summed E-state index contributed by atoms with van der Waals surface area (Å²) in [5.41, 5.74) is 2.97. The molecule has 3 heteroatoms. The molecule has 0 amide bonds. The van der Waals surface area contributed by atoms with Gasteiger partial charge in [-0.05, 0) is 44.2 Å². The highest BCUT2D eigenvalue weighted by molar-refractivity contribution is 5.30. The highest BCUT2D eigenvalue weighted by Crippen LogP contribution is 2.23. The first-order chi connectivity index (χ1) is 9.22. The largest absolute Gasteiger partial charge is 0.444 e. The van der Waals surface area contributed by atoms with Crippen LogP contribution in [0.1, 0.15) is 42.2 Å². The van der Waals surface area contributed by atoms with Gasteiger partial charge < -0.3 is 9.73 Å². The molecule has 0 spiro atoms. The summed E-state index contributed by atoms with van der Waals surface area (Å²) in [6, 6.07) is 9.42. The zero-order chi connectivity index (χ0) is 13.2. The fourth-order valence-corrected chi connectivity index (χ4v) is 2.84. The Hall–Kier alpha value is -1.61. The normalized spacial score (nSPS) is 20.0. The van der Waals surface area contributed by atoms with Crippen molar-refractivity contribution < 1.29 is 4.42 Å². The molecule has 0 bridgehead atoms. The molecule has 0 radical (unpaired) electrons. The molecule has 2 atom stereocenters. The zero-order valence-corrected chi connectivity index (χ0v) is 11.5. The van der Waals surface area contributed by atoms with E-state index in [1.54, 1.807) is 6.20 Å². The van der Waals surface area contributed by atoms with Gasteiger partial charge in [-0.25, -0.2) is 4.98 Å². The topological polar surface area (TPSA) is 38.1 Å². The molecule has 1 aliphatic rings. The van der Waals surface area contributed by atoms with Crippen LogP contribution < -0.4 is 5.32 Å². The summed E-state index contributed by atoms with van der Waals surface area (Å²) in [6.07, 6.45) is 5.22. The molecule has 3 rings (SSSR count). The summed E-state index contributed by atoms with van der Waals surface area (Å²) in [7, 11) is 0. The Labute approximate surface area is 114 Å². The number of fused-ring (bicyclic) bond motifs is 1. The lowest BCUT2D eigenvalue weighted by Gasteiger charge is -2.27. The Kier molecular flexibility index (Phi) is 3.38. The van der Waals surface area contributed by atoms with E-state index in [-0.39, 0.29) is 6.04 Å². The van der Waals surface area contributed by atoms with Crippen LogP contribution in [0, 0.1) is 6.92 Å². The molecule has 1 heterocycles. The lowest BCUT2D eigenvalue weighted by Crippen LogP contribution is -2.36. The molecule has 100 valence electrons. The van der Waals surface area contributed by atoms with E-state index in [0.717, 1.165) is 24.5 Å². The minimum atomic E-state index is 0.170. The van der Waals surface area contributed by atoms with Crippen LogP contribution in [0.4, 0.5) is 0 Å². The number of rotatable bonds is 3. The Morgan fingerprint density at radius 1 is 1.32 bits per heavy atom. The number of benzene rings is 1. The maximum atomic E-state index is 5.58. The van der Waals surface area contributed by atoms with Crippen molar-refractivity contribution in [2.45, 2.75) is 45.2 Å². The molecular formula is C16H20N2O. The molecule has 2 aromatic rings. The van der Waals surface area contributed by atoms with E-state index in [1.807, 2.05) is 6.92 Å². The molecule has 1 N–H and O–H groups in total. The van der Waals surface area contributed by atoms with Crippen LogP contribution in [0.2, 0.25) is 0 Å². The third-order valence-corrected chi connectivity index (χ3v) is 3.84. The van der Waals surface area contributed by atoms with Gasteiger partial charge >= 0.3 is 0 Å². The van der Waals surface area contributed by atoms with E-state index in [4.69, 9.17) is 4.42 Å². The van der Waals surface area contributed by atoms with Crippen molar-refractivity contribution in [3.05, 3.63) is 53.2 Å². The lowest BCUT2D eigenvalue weighted by molar-refractivity contribution is 0.351. The molecule has 0 saturated heterocycles. The molecule has 3 nitrogen and oxygen atoms in total. The molecule has 0 saturated carbocycles. The van der Waals surface area contributed by atoms with Crippen LogP contribution in [-0.4, -0.2) is 11.0 Å². The first-order valence-electron chi connectivity index (χ1n) is 6.97. The predicted molar refractivity (Wildman–Crippen MR) is 75.0 cm³/mol. The summed E-state index contributed by atoms with van der Waals surface area (Å²) in [6.45, 7) is 4.05. The van der Waals surface area contributed by atoms with E-state index in [9.17, 15) is 0 Å². The Morgan fingerprint density at radius 2 is 2.11 bits per heavy atom. The first kappa shape index (κ1) is 12.4. The second-order valence-electron chi connectivity index (χ2n) is 5.41. The van der Waals surface area contributed by atoms with Crippen LogP contribution in [-0.2, 0) is 12.8 Å². The van der Waals surface area contributed by atoms with Gasteiger partial charge in [0.15, 0.2) is 0 Å². The zero-order valence-electron chi connectivity index (χ0n) is 11.5. The van der Waals surface area contributed by atoms with E-state index < -0.39 is 0 Å². The number of nitrogens with zero attached hydrogens (tertiary/aromatic N) is 1. The molecule has 1 aliphatic carbocycles. The van der Waals surface area contributed by atoms with Crippen molar-refractivity contribution in [1.82, 2.24) is 10.3 Å². The van der Waals surface area contributed by atoms with Crippen molar-refractivity contribution in [2.24, 2.45) is 0 Å². The van der Waals surface area contributed by atoms with Crippen molar-refractivity contribution in [2.75, 3.05) is 0 Å². The third-order valence-electron chi connectivity index (χ3n) is 3.84. The van der Waals surface area contributed by atoms with Gasteiger partial charge in [-0.1, -0.05) is 24.3 Å². The molecule has 0 fully saturated rings. The number of aryl methyl sites for hydroxylation is 2. The van der Waals surface area contributed by atoms with E-state index in [2.05, 4.69) is 41.5 Å². The van der Waals surface area contributed by atoms with Crippen LogP contribution in [0.25, 0.3) is 0 Å². The molecule has 1 aromatic carbocycles. The summed E-state index contributed by atoms with van der Waals surface area (Å²) in [5.74, 6) is 1.66. The van der Waals surface area contributed by atoms with Gasteiger partial charge in [0.25, 0.3) is 0 Å². The third kappa shape index (κ3) is 2.71. The minimum absolute atomic E-state index is 0.170. The van der Waals surface area contributed by atoms with Crippen LogP contribution in [0.3, 0.4) is 0 Å². The Morgan fingerprint density at radius 3 is 2.84 bits per heavy atom. The molecular weight excluding hydrogens is 236 g/mol. The van der Waals surface area contributed by atoms with Crippen LogP contribution in [0.5, 0.6) is 0 Å². The second-order valence-corrected chi connectivity index (χ2v) is 5.41. The standard InChI is InChI=1S/C16H20N2O/c1-11-10-17-16(19-11)12(2)18-15-8-7-13-5-3-4-6-14(13)9-15/h3-6,10,12,15,18H,7-9H2,1-2H3. The summed E-state index contributed by atoms with van der Waals surface area (Å²) >= 11 is 0. The first-order valence-corrected chi connectivity index (χ1v) is 6.97. The van der Waals surface area contributed by atoms with Gasteiger partial charge in [-0.2, -0.15) is 0 Å². The van der Waals surface area contributed by atoms with Gasteiger partial charge in [-0.3, -0.25) is 0 Å². The van der Waals surface area contributed by atoms with Gasteiger partial charge in [0.2, 0.25) is 5.89 Å².